The van der Waals surface area contributed by atoms with Crippen molar-refractivity contribution in [1.29, 1.82) is 0 Å². The molecule has 0 amide bonds. The molecule has 0 spiro atoms. The summed E-state index contributed by atoms with van der Waals surface area (Å²) in [7, 11) is 1.81. The zero-order chi connectivity index (χ0) is 14.2. The molecule has 1 aliphatic carbocycles. The van der Waals surface area contributed by atoms with Gasteiger partial charge in [0, 0.05) is 18.5 Å². The molecule has 0 radical (unpaired) electrons. The van der Waals surface area contributed by atoms with Gasteiger partial charge in [-0.05, 0) is 39.0 Å². The van der Waals surface area contributed by atoms with Crippen molar-refractivity contribution < 1.29 is 0 Å². The predicted molar refractivity (Wildman–Crippen MR) is 102 cm³/mol. The Balaban J connectivity index is 0.00000220. The number of hydrogen-bond acceptors (Lipinski definition) is 3. The van der Waals surface area contributed by atoms with Crippen LogP contribution < -0.4 is 10.6 Å². The van der Waals surface area contributed by atoms with Gasteiger partial charge in [0.15, 0.2) is 5.96 Å². The van der Waals surface area contributed by atoms with Gasteiger partial charge in [-0.3, -0.25) is 4.99 Å². The van der Waals surface area contributed by atoms with Crippen LogP contribution in [0.1, 0.15) is 42.7 Å². The van der Waals surface area contributed by atoms with Crippen LogP contribution in [0.2, 0.25) is 0 Å². The van der Waals surface area contributed by atoms with Gasteiger partial charge in [0.2, 0.25) is 0 Å². The Kier molecular flexibility index (Phi) is 8.91. The predicted octanol–water partition coefficient (Wildman–Crippen LogP) is 3.63. The van der Waals surface area contributed by atoms with Gasteiger partial charge in [0.25, 0.3) is 0 Å². The van der Waals surface area contributed by atoms with E-state index in [1.54, 1.807) is 16.9 Å². The maximum absolute atomic E-state index is 4.26. The van der Waals surface area contributed by atoms with Crippen LogP contribution in [0.5, 0.6) is 0 Å². The first-order valence-corrected chi connectivity index (χ1v) is 8.19. The number of nitrogens with zero attached hydrogens (tertiary/aromatic N) is 2. The van der Waals surface area contributed by atoms with Gasteiger partial charge in [-0.25, -0.2) is 4.98 Å². The SMILES string of the molecule is CN=C(NCCC1=CCCCC1)NCc1scnc1C.I. The Labute approximate surface area is 148 Å². The van der Waals surface area contributed by atoms with Gasteiger partial charge < -0.3 is 10.6 Å². The molecule has 0 unspecified atom stereocenters. The van der Waals surface area contributed by atoms with Crippen LogP contribution in [0.15, 0.2) is 22.2 Å². The third-order valence-corrected chi connectivity index (χ3v) is 4.54. The minimum Gasteiger partial charge on any atom is -0.356 e. The van der Waals surface area contributed by atoms with Crippen LogP contribution in [0.3, 0.4) is 0 Å². The maximum Gasteiger partial charge on any atom is 0.191 e. The van der Waals surface area contributed by atoms with Crippen LogP contribution in [-0.4, -0.2) is 24.5 Å². The molecule has 1 aromatic rings. The lowest BCUT2D eigenvalue weighted by Gasteiger charge is -2.15. The number of aromatic nitrogens is 1. The number of rotatable bonds is 5. The summed E-state index contributed by atoms with van der Waals surface area (Å²) in [6.07, 6.45) is 8.76. The second kappa shape index (κ2) is 10.2. The number of aliphatic imine (C=N–C) groups is 1. The van der Waals surface area contributed by atoms with Crippen LogP contribution in [0.4, 0.5) is 0 Å². The Morgan fingerprint density at radius 1 is 1.38 bits per heavy atom. The third-order valence-electron chi connectivity index (χ3n) is 3.61. The van der Waals surface area contributed by atoms with Crippen molar-refractivity contribution in [1.82, 2.24) is 15.6 Å². The highest BCUT2D eigenvalue weighted by Crippen LogP contribution is 2.19. The molecule has 0 bridgehead atoms. The average Bonchev–Trinajstić information content (AvgIpc) is 2.89. The summed E-state index contributed by atoms with van der Waals surface area (Å²) in [4.78, 5) is 9.78. The molecular weight excluding hydrogens is 395 g/mol. The molecule has 0 aromatic carbocycles. The van der Waals surface area contributed by atoms with Crippen molar-refractivity contribution >= 4 is 41.3 Å². The van der Waals surface area contributed by atoms with Crippen molar-refractivity contribution in [2.45, 2.75) is 45.6 Å². The van der Waals surface area contributed by atoms with Crippen molar-refractivity contribution in [2.75, 3.05) is 13.6 Å². The zero-order valence-corrected chi connectivity index (χ0v) is 16.0. The summed E-state index contributed by atoms with van der Waals surface area (Å²) in [5, 5.41) is 6.72. The first-order chi connectivity index (χ1) is 9.79. The van der Waals surface area contributed by atoms with E-state index in [1.165, 1.54) is 30.6 Å². The van der Waals surface area contributed by atoms with Crippen molar-refractivity contribution in [3.05, 3.63) is 27.7 Å². The largest absolute Gasteiger partial charge is 0.356 e. The van der Waals surface area contributed by atoms with Gasteiger partial charge in [-0.1, -0.05) is 11.6 Å². The summed E-state index contributed by atoms with van der Waals surface area (Å²) in [5.41, 5.74) is 4.58. The maximum atomic E-state index is 4.26. The number of aryl methyl sites for hydroxylation is 1. The number of halogens is 1. The zero-order valence-electron chi connectivity index (χ0n) is 12.8. The van der Waals surface area contributed by atoms with E-state index in [1.807, 2.05) is 19.5 Å². The van der Waals surface area contributed by atoms with Gasteiger partial charge in [0.05, 0.1) is 17.7 Å². The van der Waals surface area contributed by atoms with E-state index >= 15 is 0 Å². The van der Waals surface area contributed by atoms with Gasteiger partial charge in [-0.15, -0.1) is 35.3 Å². The number of allylic oxidation sites excluding steroid dienone is 1. The van der Waals surface area contributed by atoms with E-state index in [-0.39, 0.29) is 24.0 Å². The van der Waals surface area contributed by atoms with E-state index in [0.717, 1.165) is 31.2 Å². The van der Waals surface area contributed by atoms with Crippen LogP contribution in [0.25, 0.3) is 0 Å². The molecule has 0 saturated carbocycles. The van der Waals surface area contributed by atoms with Crippen LogP contribution in [0, 0.1) is 6.92 Å². The molecule has 1 aliphatic rings. The van der Waals surface area contributed by atoms with Gasteiger partial charge in [-0.2, -0.15) is 0 Å². The highest BCUT2D eigenvalue weighted by molar-refractivity contribution is 14.0. The molecule has 118 valence electrons. The Morgan fingerprint density at radius 2 is 2.24 bits per heavy atom. The fourth-order valence-electron chi connectivity index (χ4n) is 2.35. The van der Waals surface area contributed by atoms with Crippen molar-refractivity contribution in [2.24, 2.45) is 4.99 Å². The van der Waals surface area contributed by atoms with Crippen LogP contribution >= 0.6 is 35.3 Å². The molecular formula is C15H25IN4S. The summed E-state index contributed by atoms with van der Waals surface area (Å²) in [5.74, 6) is 0.870. The fraction of sp³-hybridized carbons (Fsp3) is 0.600. The summed E-state index contributed by atoms with van der Waals surface area (Å²) in [6.45, 7) is 3.78. The number of thiazole rings is 1. The monoisotopic (exact) mass is 420 g/mol. The van der Waals surface area contributed by atoms with E-state index in [2.05, 4.69) is 26.7 Å². The van der Waals surface area contributed by atoms with E-state index in [4.69, 9.17) is 0 Å². The summed E-state index contributed by atoms with van der Waals surface area (Å²) in [6, 6.07) is 0. The van der Waals surface area contributed by atoms with Gasteiger partial charge >= 0.3 is 0 Å². The van der Waals surface area contributed by atoms with E-state index < -0.39 is 0 Å². The first-order valence-electron chi connectivity index (χ1n) is 7.31. The van der Waals surface area contributed by atoms with E-state index in [9.17, 15) is 0 Å². The molecule has 6 heteroatoms. The Morgan fingerprint density at radius 3 is 2.86 bits per heavy atom. The molecule has 2 N–H and O–H groups in total. The molecule has 4 nitrogen and oxygen atoms in total. The standard InChI is InChI=1S/C15H24N4S.HI/c1-12-14(20-11-19-12)10-18-15(16-2)17-9-8-13-6-4-3-5-7-13;/h6,11H,3-5,7-10H2,1-2H3,(H2,16,17,18);1H. The quantitative estimate of drug-likeness (QED) is 0.331. The average molecular weight is 420 g/mol. The number of nitrogens with one attached hydrogen (secondary N) is 2. The summed E-state index contributed by atoms with van der Waals surface area (Å²) < 4.78 is 0. The normalized spacial score (nSPS) is 15.1. The molecule has 1 heterocycles. The van der Waals surface area contributed by atoms with Gasteiger partial charge in [0.1, 0.15) is 0 Å². The molecule has 0 saturated heterocycles. The highest BCUT2D eigenvalue weighted by atomic mass is 127. The fourth-order valence-corrected chi connectivity index (χ4v) is 3.07. The van der Waals surface area contributed by atoms with E-state index in [0.29, 0.717) is 0 Å². The lowest BCUT2D eigenvalue weighted by atomic mass is 9.97. The molecule has 2 rings (SSSR count). The second-order valence-electron chi connectivity index (χ2n) is 5.07. The number of hydrogen-bond donors (Lipinski definition) is 2. The summed E-state index contributed by atoms with van der Waals surface area (Å²) >= 11 is 1.68. The molecule has 21 heavy (non-hydrogen) atoms. The van der Waals surface area contributed by atoms with Crippen molar-refractivity contribution in [3.8, 4) is 0 Å². The smallest absolute Gasteiger partial charge is 0.191 e. The Bertz CT molecular complexity index is 482. The minimum absolute atomic E-state index is 0. The minimum atomic E-state index is 0. The Hall–Kier alpha value is -0.630. The van der Waals surface area contributed by atoms with Crippen molar-refractivity contribution in [3.63, 3.8) is 0 Å². The number of guanidine groups is 1. The van der Waals surface area contributed by atoms with Crippen LogP contribution in [-0.2, 0) is 6.54 Å². The molecule has 1 aromatic heterocycles. The third kappa shape index (κ3) is 6.34. The topological polar surface area (TPSA) is 49.3 Å². The lowest BCUT2D eigenvalue weighted by molar-refractivity contribution is 0.665. The molecule has 0 fully saturated rings. The first kappa shape index (κ1) is 18.4. The molecule has 0 atom stereocenters. The highest BCUT2D eigenvalue weighted by Gasteiger charge is 2.05. The lowest BCUT2D eigenvalue weighted by Crippen LogP contribution is -2.37. The second-order valence-corrected chi connectivity index (χ2v) is 6.01. The molecule has 0 aliphatic heterocycles.